The van der Waals surface area contributed by atoms with E-state index in [0.29, 0.717) is 12.0 Å². The van der Waals surface area contributed by atoms with Gasteiger partial charge in [0.1, 0.15) is 0 Å². The first-order chi connectivity index (χ1) is 8.63. The van der Waals surface area contributed by atoms with E-state index < -0.39 is 0 Å². The van der Waals surface area contributed by atoms with E-state index in [0.717, 1.165) is 25.8 Å². The molecule has 0 saturated heterocycles. The second-order valence-electron chi connectivity index (χ2n) is 6.07. The Bertz CT molecular complexity index is 201. The summed E-state index contributed by atoms with van der Waals surface area (Å²) in [5, 5.41) is 0. The number of hydrogen-bond acceptors (Lipinski definition) is 3. The number of nitrogens with zero attached hydrogens (tertiary/aromatic N) is 1. The molecule has 0 aliphatic heterocycles. The Morgan fingerprint density at radius 1 is 1.17 bits per heavy atom. The summed E-state index contributed by atoms with van der Waals surface area (Å²) < 4.78 is 5.72. The summed E-state index contributed by atoms with van der Waals surface area (Å²) in [6.07, 6.45) is 6.15. The summed E-state index contributed by atoms with van der Waals surface area (Å²) in [6, 6.07) is 1.19. The molecule has 1 fully saturated rings. The zero-order chi connectivity index (χ0) is 13.4. The number of rotatable bonds is 8. The molecule has 3 heteroatoms. The Hall–Kier alpha value is -0.120. The lowest BCUT2D eigenvalue weighted by Crippen LogP contribution is -2.42. The minimum absolute atomic E-state index is 0.446. The van der Waals surface area contributed by atoms with Gasteiger partial charge < -0.3 is 10.5 Å². The third-order valence-electron chi connectivity index (χ3n) is 3.74. The van der Waals surface area contributed by atoms with Crippen molar-refractivity contribution in [3.63, 3.8) is 0 Å². The van der Waals surface area contributed by atoms with Crippen LogP contribution in [0.1, 0.15) is 52.9 Å². The van der Waals surface area contributed by atoms with Gasteiger partial charge in [0.05, 0.1) is 6.61 Å². The maximum Gasteiger partial charge on any atom is 0.0593 e. The van der Waals surface area contributed by atoms with Crippen LogP contribution in [-0.4, -0.2) is 43.3 Å². The molecule has 0 spiro atoms. The molecule has 18 heavy (non-hydrogen) atoms. The molecule has 1 saturated carbocycles. The normalized spacial score (nSPS) is 25.0. The molecule has 2 N–H and O–H groups in total. The van der Waals surface area contributed by atoms with Gasteiger partial charge in [-0.25, -0.2) is 0 Å². The molecular formula is C15H32N2O. The first-order valence-corrected chi connectivity index (χ1v) is 7.70. The second kappa shape index (κ2) is 8.89. The van der Waals surface area contributed by atoms with Crippen molar-refractivity contribution in [1.29, 1.82) is 0 Å². The molecule has 0 radical (unpaired) electrons. The lowest BCUT2D eigenvalue weighted by atomic mass is 9.90. The molecule has 108 valence electrons. The molecule has 1 aliphatic carbocycles. The molecule has 0 aromatic rings. The first-order valence-electron chi connectivity index (χ1n) is 7.70. The third kappa shape index (κ3) is 6.17. The highest BCUT2D eigenvalue weighted by atomic mass is 16.5. The van der Waals surface area contributed by atoms with Crippen molar-refractivity contribution in [2.45, 2.75) is 65.0 Å². The lowest BCUT2D eigenvalue weighted by Gasteiger charge is -2.36. The summed E-state index contributed by atoms with van der Waals surface area (Å²) in [6.45, 7) is 10.7. The summed E-state index contributed by atoms with van der Waals surface area (Å²) in [5.74, 6) is 0.636. The summed E-state index contributed by atoms with van der Waals surface area (Å²) >= 11 is 0. The standard InChI is InChI=1S/C15H32N2O/c1-4-9-17(10-11-18-12-13(2)3)15-7-5-14(16)6-8-15/h13-15H,4-12,16H2,1-3H3. The Kier molecular flexibility index (Phi) is 7.87. The van der Waals surface area contributed by atoms with Crippen LogP contribution in [0.25, 0.3) is 0 Å². The van der Waals surface area contributed by atoms with E-state index in [1.807, 2.05) is 0 Å². The quantitative estimate of drug-likeness (QED) is 0.679. The molecule has 0 bridgehead atoms. The zero-order valence-electron chi connectivity index (χ0n) is 12.5. The van der Waals surface area contributed by atoms with Crippen molar-refractivity contribution in [3.8, 4) is 0 Å². The van der Waals surface area contributed by atoms with Crippen LogP contribution in [0, 0.1) is 5.92 Å². The second-order valence-corrected chi connectivity index (χ2v) is 6.07. The highest BCUT2D eigenvalue weighted by Crippen LogP contribution is 2.22. The van der Waals surface area contributed by atoms with E-state index in [9.17, 15) is 0 Å². The summed E-state index contributed by atoms with van der Waals surface area (Å²) in [4.78, 5) is 2.62. The number of hydrogen-bond donors (Lipinski definition) is 1. The molecule has 0 atom stereocenters. The van der Waals surface area contributed by atoms with Crippen LogP contribution < -0.4 is 5.73 Å². The zero-order valence-corrected chi connectivity index (χ0v) is 12.5. The average molecular weight is 256 g/mol. The van der Waals surface area contributed by atoms with Gasteiger partial charge in [0.2, 0.25) is 0 Å². The molecule has 1 rings (SSSR count). The Morgan fingerprint density at radius 2 is 1.83 bits per heavy atom. The number of nitrogens with two attached hydrogens (primary N) is 1. The van der Waals surface area contributed by atoms with Gasteiger partial charge in [-0.3, -0.25) is 4.90 Å². The third-order valence-corrected chi connectivity index (χ3v) is 3.74. The first kappa shape index (κ1) is 15.9. The lowest BCUT2D eigenvalue weighted by molar-refractivity contribution is 0.0626. The highest BCUT2D eigenvalue weighted by Gasteiger charge is 2.23. The molecule has 0 heterocycles. The van der Waals surface area contributed by atoms with Gasteiger partial charge in [0, 0.05) is 25.2 Å². The predicted molar refractivity (Wildman–Crippen MR) is 77.8 cm³/mol. The summed E-state index contributed by atoms with van der Waals surface area (Å²) in [5.41, 5.74) is 5.98. The van der Waals surface area contributed by atoms with Gasteiger partial charge in [0.15, 0.2) is 0 Å². The van der Waals surface area contributed by atoms with Crippen molar-refractivity contribution in [2.75, 3.05) is 26.3 Å². The van der Waals surface area contributed by atoms with Crippen LogP contribution in [0.4, 0.5) is 0 Å². The van der Waals surface area contributed by atoms with Crippen molar-refractivity contribution < 1.29 is 4.74 Å². The maximum atomic E-state index is 5.98. The van der Waals surface area contributed by atoms with E-state index in [2.05, 4.69) is 25.7 Å². The Morgan fingerprint density at radius 3 is 2.39 bits per heavy atom. The van der Waals surface area contributed by atoms with Gasteiger partial charge in [0.25, 0.3) is 0 Å². The van der Waals surface area contributed by atoms with Crippen molar-refractivity contribution in [3.05, 3.63) is 0 Å². The van der Waals surface area contributed by atoms with Crippen LogP contribution in [0.5, 0.6) is 0 Å². The van der Waals surface area contributed by atoms with E-state index in [1.54, 1.807) is 0 Å². The summed E-state index contributed by atoms with van der Waals surface area (Å²) in [7, 11) is 0. The number of ether oxygens (including phenoxy) is 1. The monoisotopic (exact) mass is 256 g/mol. The van der Waals surface area contributed by atoms with Crippen LogP contribution in [-0.2, 0) is 4.74 Å². The van der Waals surface area contributed by atoms with E-state index in [1.165, 1.54) is 38.6 Å². The fourth-order valence-electron chi connectivity index (χ4n) is 2.73. The van der Waals surface area contributed by atoms with Crippen molar-refractivity contribution in [2.24, 2.45) is 11.7 Å². The molecule has 0 aromatic carbocycles. The topological polar surface area (TPSA) is 38.5 Å². The predicted octanol–water partition coefficient (Wildman–Crippen LogP) is 2.64. The molecule has 0 aromatic heterocycles. The SMILES string of the molecule is CCCN(CCOCC(C)C)C1CCC(N)CC1. The largest absolute Gasteiger partial charge is 0.380 e. The van der Waals surface area contributed by atoms with Gasteiger partial charge in [-0.15, -0.1) is 0 Å². The Labute approximate surface area is 113 Å². The minimum Gasteiger partial charge on any atom is -0.380 e. The van der Waals surface area contributed by atoms with Crippen molar-refractivity contribution >= 4 is 0 Å². The van der Waals surface area contributed by atoms with Crippen LogP contribution in [0.15, 0.2) is 0 Å². The smallest absolute Gasteiger partial charge is 0.0593 e. The molecule has 0 unspecified atom stereocenters. The molecule has 3 nitrogen and oxygen atoms in total. The minimum atomic E-state index is 0.446. The fourth-order valence-corrected chi connectivity index (χ4v) is 2.73. The van der Waals surface area contributed by atoms with Gasteiger partial charge in [-0.2, -0.15) is 0 Å². The van der Waals surface area contributed by atoms with Gasteiger partial charge in [-0.1, -0.05) is 20.8 Å². The highest BCUT2D eigenvalue weighted by molar-refractivity contribution is 4.81. The van der Waals surface area contributed by atoms with Crippen LogP contribution >= 0.6 is 0 Å². The molecular weight excluding hydrogens is 224 g/mol. The van der Waals surface area contributed by atoms with E-state index >= 15 is 0 Å². The maximum absolute atomic E-state index is 5.98. The van der Waals surface area contributed by atoms with E-state index in [-0.39, 0.29) is 0 Å². The van der Waals surface area contributed by atoms with Crippen LogP contribution in [0.2, 0.25) is 0 Å². The Balaban J connectivity index is 2.25. The van der Waals surface area contributed by atoms with Gasteiger partial charge >= 0.3 is 0 Å². The molecule has 1 aliphatic rings. The van der Waals surface area contributed by atoms with Gasteiger partial charge in [-0.05, 0) is 44.6 Å². The van der Waals surface area contributed by atoms with E-state index in [4.69, 9.17) is 10.5 Å². The van der Waals surface area contributed by atoms with Crippen molar-refractivity contribution in [1.82, 2.24) is 4.90 Å². The molecule has 0 amide bonds. The average Bonchev–Trinajstić information content (AvgIpc) is 2.34. The fraction of sp³-hybridized carbons (Fsp3) is 1.00. The van der Waals surface area contributed by atoms with Crippen LogP contribution in [0.3, 0.4) is 0 Å².